The fourth-order valence-corrected chi connectivity index (χ4v) is 2.23. The van der Waals surface area contributed by atoms with Crippen LogP contribution in [0.3, 0.4) is 0 Å². The Balaban J connectivity index is 2.28. The minimum atomic E-state index is -4.40. The number of hydrogen-bond acceptors (Lipinski definition) is 4. The van der Waals surface area contributed by atoms with Gasteiger partial charge in [0.15, 0.2) is 11.7 Å². The highest BCUT2D eigenvalue weighted by atomic mass is 32.1. The standard InChI is InChI=1S/C13H21F3N4OS/c1-3-4-6-21-7-5-18-12(17-2)19-8-11-20-10(9-22-11)13(14,15)16/h9H,3-8H2,1-2H3,(H2,17,18,19). The largest absolute Gasteiger partial charge is 0.434 e. The first-order valence-electron chi connectivity index (χ1n) is 7.01. The van der Waals surface area contributed by atoms with Gasteiger partial charge in [0.1, 0.15) is 5.01 Å². The molecule has 0 aliphatic carbocycles. The van der Waals surface area contributed by atoms with E-state index in [0.29, 0.717) is 24.1 Å². The zero-order valence-electron chi connectivity index (χ0n) is 12.7. The summed E-state index contributed by atoms with van der Waals surface area (Å²) < 4.78 is 42.7. The molecule has 0 saturated heterocycles. The summed E-state index contributed by atoms with van der Waals surface area (Å²) in [4.78, 5) is 7.53. The van der Waals surface area contributed by atoms with E-state index in [0.717, 1.165) is 36.2 Å². The van der Waals surface area contributed by atoms with E-state index in [1.54, 1.807) is 7.05 Å². The lowest BCUT2D eigenvalue weighted by molar-refractivity contribution is -0.140. The molecule has 0 amide bonds. The van der Waals surface area contributed by atoms with Crippen molar-refractivity contribution in [1.82, 2.24) is 15.6 Å². The Morgan fingerprint density at radius 3 is 2.73 bits per heavy atom. The van der Waals surface area contributed by atoms with Crippen LogP contribution >= 0.6 is 11.3 Å². The van der Waals surface area contributed by atoms with Crippen LogP contribution in [-0.2, 0) is 17.5 Å². The first kappa shape index (κ1) is 18.7. The van der Waals surface area contributed by atoms with E-state index >= 15 is 0 Å². The van der Waals surface area contributed by atoms with Crippen LogP contribution < -0.4 is 10.6 Å². The molecule has 1 rings (SSSR count). The van der Waals surface area contributed by atoms with Gasteiger partial charge in [0.05, 0.1) is 13.2 Å². The predicted octanol–water partition coefficient (Wildman–Crippen LogP) is 2.64. The highest BCUT2D eigenvalue weighted by Gasteiger charge is 2.33. The maximum atomic E-state index is 12.4. The van der Waals surface area contributed by atoms with E-state index in [9.17, 15) is 13.2 Å². The van der Waals surface area contributed by atoms with E-state index in [1.807, 2.05) is 0 Å². The molecule has 126 valence electrons. The summed E-state index contributed by atoms with van der Waals surface area (Å²) in [6, 6.07) is 0. The molecule has 0 atom stereocenters. The van der Waals surface area contributed by atoms with Gasteiger partial charge in [0.2, 0.25) is 0 Å². The third-order valence-corrected chi connectivity index (χ3v) is 3.50. The van der Waals surface area contributed by atoms with Crippen molar-refractivity contribution in [2.24, 2.45) is 4.99 Å². The van der Waals surface area contributed by atoms with Crippen LogP contribution in [0.15, 0.2) is 10.4 Å². The van der Waals surface area contributed by atoms with Crippen molar-refractivity contribution in [3.8, 4) is 0 Å². The number of unbranched alkanes of at least 4 members (excludes halogenated alkanes) is 1. The van der Waals surface area contributed by atoms with Crippen molar-refractivity contribution < 1.29 is 17.9 Å². The van der Waals surface area contributed by atoms with Gasteiger partial charge >= 0.3 is 6.18 Å². The van der Waals surface area contributed by atoms with E-state index in [4.69, 9.17) is 4.74 Å². The van der Waals surface area contributed by atoms with Crippen molar-refractivity contribution in [2.45, 2.75) is 32.5 Å². The van der Waals surface area contributed by atoms with Crippen LogP contribution in [0.1, 0.15) is 30.5 Å². The van der Waals surface area contributed by atoms with E-state index in [-0.39, 0.29) is 6.54 Å². The number of ether oxygens (including phenoxy) is 1. The van der Waals surface area contributed by atoms with Gasteiger partial charge < -0.3 is 15.4 Å². The zero-order chi connectivity index (χ0) is 16.4. The number of thiazole rings is 1. The third-order valence-electron chi connectivity index (χ3n) is 2.65. The molecule has 0 spiro atoms. The number of nitrogens with zero attached hydrogens (tertiary/aromatic N) is 2. The Hall–Kier alpha value is -1.35. The minimum Gasteiger partial charge on any atom is -0.380 e. The van der Waals surface area contributed by atoms with Gasteiger partial charge in [-0.25, -0.2) is 4.98 Å². The summed E-state index contributed by atoms with van der Waals surface area (Å²) in [5, 5.41) is 7.30. The average Bonchev–Trinajstić information content (AvgIpc) is 2.95. The third kappa shape index (κ3) is 7.08. The number of aromatic nitrogens is 1. The monoisotopic (exact) mass is 338 g/mol. The topological polar surface area (TPSA) is 58.5 Å². The number of alkyl halides is 3. The van der Waals surface area contributed by atoms with Gasteiger partial charge in [-0.1, -0.05) is 13.3 Å². The molecule has 22 heavy (non-hydrogen) atoms. The second kappa shape index (κ2) is 9.62. The Morgan fingerprint density at radius 2 is 2.14 bits per heavy atom. The van der Waals surface area contributed by atoms with Crippen molar-refractivity contribution in [3.05, 3.63) is 16.1 Å². The summed E-state index contributed by atoms with van der Waals surface area (Å²) >= 11 is 0.965. The molecule has 0 bridgehead atoms. The molecule has 1 heterocycles. The molecule has 0 fully saturated rings. The molecule has 2 N–H and O–H groups in total. The van der Waals surface area contributed by atoms with Crippen LogP contribution in [0.5, 0.6) is 0 Å². The van der Waals surface area contributed by atoms with Crippen molar-refractivity contribution in [1.29, 1.82) is 0 Å². The summed E-state index contributed by atoms with van der Waals surface area (Å²) in [5.41, 5.74) is -0.860. The quantitative estimate of drug-likeness (QED) is 0.435. The molecule has 9 heteroatoms. The van der Waals surface area contributed by atoms with E-state index < -0.39 is 11.9 Å². The fourth-order valence-electron chi connectivity index (χ4n) is 1.49. The van der Waals surface area contributed by atoms with Crippen molar-refractivity contribution >= 4 is 17.3 Å². The summed E-state index contributed by atoms with van der Waals surface area (Å²) in [6.45, 7) is 4.14. The van der Waals surface area contributed by atoms with Crippen LogP contribution in [0.4, 0.5) is 13.2 Å². The molecular formula is C13H21F3N4OS. The van der Waals surface area contributed by atoms with Crippen molar-refractivity contribution in [2.75, 3.05) is 26.8 Å². The number of hydrogen-bond donors (Lipinski definition) is 2. The second-order valence-corrected chi connectivity index (χ2v) is 5.39. The van der Waals surface area contributed by atoms with E-state index in [1.165, 1.54) is 0 Å². The first-order chi connectivity index (χ1) is 10.5. The lowest BCUT2D eigenvalue weighted by Gasteiger charge is -2.11. The minimum absolute atomic E-state index is 0.192. The van der Waals surface area contributed by atoms with Crippen LogP contribution in [0.2, 0.25) is 0 Å². The molecule has 1 aromatic rings. The van der Waals surface area contributed by atoms with Crippen LogP contribution in [0.25, 0.3) is 0 Å². The van der Waals surface area contributed by atoms with Gasteiger partial charge in [0.25, 0.3) is 0 Å². The van der Waals surface area contributed by atoms with Gasteiger partial charge in [-0.05, 0) is 6.42 Å². The summed E-state index contributed by atoms with van der Waals surface area (Å²) in [7, 11) is 1.59. The highest BCUT2D eigenvalue weighted by molar-refractivity contribution is 7.09. The van der Waals surface area contributed by atoms with Crippen LogP contribution in [0, 0.1) is 0 Å². The predicted molar refractivity (Wildman–Crippen MR) is 81.0 cm³/mol. The molecule has 5 nitrogen and oxygen atoms in total. The Bertz CT molecular complexity index is 462. The average molecular weight is 338 g/mol. The molecule has 0 saturated carbocycles. The molecule has 0 unspecified atom stereocenters. The Morgan fingerprint density at radius 1 is 1.36 bits per heavy atom. The van der Waals surface area contributed by atoms with Crippen molar-refractivity contribution in [3.63, 3.8) is 0 Å². The number of rotatable bonds is 8. The van der Waals surface area contributed by atoms with Gasteiger partial charge in [-0.15, -0.1) is 11.3 Å². The lowest BCUT2D eigenvalue weighted by Crippen LogP contribution is -2.38. The summed E-state index contributed by atoms with van der Waals surface area (Å²) in [5.74, 6) is 0.503. The number of guanidine groups is 1. The number of halogens is 3. The second-order valence-electron chi connectivity index (χ2n) is 4.44. The summed E-state index contributed by atoms with van der Waals surface area (Å²) in [6.07, 6.45) is -2.28. The normalized spacial score (nSPS) is 12.5. The number of nitrogens with one attached hydrogen (secondary N) is 2. The molecule has 1 aromatic heterocycles. The van der Waals surface area contributed by atoms with Crippen LogP contribution in [-0.4, -0.2) is 37.7 Å². The molecule has 0 aliphatic rings. The SMILES string of the molecule is CCCCOCCNC(=NC)NCc1nc(C(F)(F)F)cs1. The Labute approximate surface area is 132 Å². The van der Waals surface area contributed by atoms with Gasteiger partial charge in [-0.2, -0.15) is 13.2 Å². The van der Waals surface area contributed by atoms with Gasteiger partial charge in [0, 0.05) is 25.6 Å². The fraction of sp³-hybridized carbons (Fsp3) is 0.692. The van der Waals surface area contributed by atoms with Gasteiger partial charge in [-0.3, -0.25) is 4.99 Å². The molecular weight excluding hydrogens is 317 g/mol. The number of aliphatic imine (C=N–C) groups is 1. The lowest BCUT2D eigenvalue weighted by atomic mass is 10.4. The maximum Gasteiger partial charge on any atom is 0.434 e. The maximum absolute atomic E-state index is 12.4. The molecule has 0 radical (unpaired) electrons. The Kier molecular flexibility index (Phi) is 8.18. The smallest absolute Gasteiger partial charge is 0.380 e. The molecule has 0 aliphatic heterocycles. The first-order valence-corrected chi connectivity index (χ1v) is 7.89. The van der Waals surface area contributed by atoms with E-state index in [2.05, 4.69) is 27.5 Å². The zero-order valence-corrected chi connectivity index (χ0v) is 13.5. The molecule has 0 aromatic carbocycles. The highest BCUT2D eigenvalue weighted by Crippen LogP contribution is 2.29.